The molecule has 6 nitrogen and oxygen atoms in total. The zero-order chi connectivity index (χ0) is 14.5. The zero-order valence-electron chi connectivity index (χ0n) is 11.8. The minimum Gasteiger partial charge on any atom is -0.388 e. The summed E-state index contributed by atoms with van der Waals surface area (Å²) in [5.41, 5.74) is 1.65. The Bertz CT molecular complexity index is 552. The van der Waals surface area contributed by atoms with Crippen LogP contribution >= 0.6 is 0 Å². The standard InChI is InChI=1S/C15H19N3O3/c19-15(12-4-2-1-3-5-12)8-13-9-18(17-16-13)10-14-11-20-6-7-21-14/h1-5,9,14-15,19H,6-8,10-11H2/t14-,15?/m1/s1. The van der Waals surface area contributed by atoms with Crippen LogP contribution in [-0.2, 0) is 22.4 Å². The molecule has 1 aliphatic heterocycles. The van der Waals surface area contributed by atoms with Crippen molar-refractivity contribution in [2.24, 2.45) is 0 Å². The lowest BCUT2D eigenvalue weighted by Crippen LogP contribution is -2.32. The molecule has 1 unspecified atom stereocenters. The number of aromatic nitrogens is 3. The number of aliphatic hydroxyl groups excluding tert-OH is 1. The molecule has 21 heavy (non-hydrogen) atoms. The lowest BCUT2D eigenvalue weighted by molar-refractivity contribution is -0.0947. The number of ether oxygens (including phenoxy) is 2. The number of hydrogen-bond donors (Lipinski definition) is 1. The fourth-order valence-corrected chi connectivity index (χ4v) is 2.36. The lowest BCUT2D eigenvalue weighted by atomic mass is 10.1. The van der Waals surface area contributed by atoms with Gasteiger partial charge in [0.25, 0.3) is 0 Å². The van der Waals surface area contributed by atoms with Crippen LogP contribution in [0.2, 0.25) is 0 Å². The van der Waals surface area contributed by atoms with E-state index in [0.717, 1.165) is 11.3 Å². The van der Waals surface area contributed by atoms with Crippen molar-refractivity contribution < 1.29 is 14.6 Å². The molecule has 0 aliphatic carbocycles. The Labute approximate surface area is 123 Å². The molecule has 2 aromatic rings. The number of aliphatic hydroxyl groups is 1. The maximum absolute atomic E-state index is 10.2. The van der Waals surface area contributed by atoms with E-state index < -0.39 is 6.10 Å². The second-order valence-corrected chi connectivity index (χ2v) is 5.13. The highest BCUT2D eigenvalue weighted by molar-refractivity contribution is 5.18. The van der Waals surface area contributed by atoms with Crippen LogP contribution in [0.3, 0.4) is 0 Å². The molecule has 2 heterocycles. The quantitative estimate of drug-likeness (QED) is 0.888. The van der Waals surface area contributed by atoms with Crippen molar-refractivity contribution in [3.05, 3.63) is 47.8 Å². The Balaban J connectivity index is 1.57. The topological polar surface area (TPSA) is 69.4 Å². The van der Waals surface area contributed by atoms with Gasteiger partial charge in [0, 0.05) is 12.6 Å². The first-order valence-electron chi connectivity index (χ1n) is 7.12. The third-order valence-electron chi connectivity index (χ3n) is 3.45. The summed E-state index contributed by atoms with van der Waals surface area (Å²) >= 11 is 0. The lowest BCUT2D eigenvalue weighted by Gasteiger charge is -2.22. The maximum atomic E-state index is 10.2. The van der Waals surface area contributed by atoms with E-state index in [2.05, 4.69) is 10.3 Å². The Hall–Kier alpha value is -1.76. The van der Waals surface area contributed by atoms with Crippen LogP contribution < -0.4 is 0 Å². The first-order chi connectivity index (χ1) is 10.3. The van der Waals surface area contributed by atoms with Gasteiger partial charge in [0.15, 0.2) is 0 Å². The molecule has 1 N–H and O–H groups in total. The van der Waals surface area contributed by atoms with Gasteiger partial charge in [-0.3, -0.25) is 0 Å². The number of benzene rings is 1. The van der Waals surface area contributed by atoms with Gasteiger partial charge in [-0.2, -0.15) is 0 Å². The number of rotatable bonds is 5. The summed E-state index contributed by atoms with van der Waals surface area (Å²) in [6, 6.07) is 9.56. The summed E-state index contributed by atoms with van der Waals surface area (Å²) in [7, 11) is 0. The molecule has 3 rings (SSSR count). The monoisotopic (exact) mass is 289 g/mol. The van der Waals surface area contributed by atoms with Gasteiger partial charge in [0.2, 0.25) is 0 Å². The van der Waals surface area contributed by atoms with Crippen molar-refractivity contribution in [1.82, 2.24) is 15.0 Å². The Morgan fingerprint density at radius 3 is 2.90 bits per heavy atom. The summed E-state index contributed by atoms with van der Waals surface area (Å²) in [6.07, 6.45) is 1.76. The Kier molecular flexibility index (Phi) is 4.59. The van der Waals surface area contributed by atoms with Crippen LogP contribution in [0.4, 0.5) is 0 Å². The summed E-state index contributed by atoms with van der Waals surface area (Å²) in [6.45, 7) is 2.48. The van der Waals surface area contributed by atoms with E-state index in [9.17, 15) is 5.11 Å². The van der Waals surface area contributed by atoms with Crippen LogP contribution in [0.15, 0.2) is 36.5 Å². The van der Waals surface area contributed by atoms with Gasteiger partial charge in [-0.15, -0.1) is 5.10 Å². The van der Waals surface area contributed by atoms with Gasteiger partial charge in [-0.05, 0) is 5.56 Å². The van der Waals surface area contributed by atoms with E-state index in [1.165, 1.54) is 0 Å². The van der Waals surface area contributed by atoms with Crippen molar-refractivity contribution in [1.29, 1.82) is 0 Å². The molecule has 1 aromatic heterocycles. The predicted molar refractivity (Wildman–Crippen MR) is 75.7 cm³/mol. The van der Waals surface area contributed by atoms with Crippen LogP contribution in [0.5, 0.6) is 0 Å². The normalized spacial score (nSPS) is 20.3. The van der Waals surface area contributed by atoms with Crippen LogP contribution in [0.25, 0.3) is 0 Å². The SMILES string of the molecule is OC(Cc1cn(C[C@@H]2COCCO2)nn1)c1ccccc1. The van der Waals surface area contributed by atoms with Gasteiger partial charge in [0.05, 0.1) is 38.2 Å². The first-order valence-corrected chi connectivity index (χ1v) is 7.12. The third kappa shape index (κ3) is 3.87. The van der Waals surface area contributed by atoms with Gasteiger partial charge >= 0.3 is 0 Å². The van der Waals surface area contributed by atoms with Gasteiger partial charge in [0.1, 0.15) is 6.10 Å². The summed E-state index contributed by atoms with van der Waals surface area (Å²) in [5.74, 6) is 0. The summed E-state index contributed by atoms with van der Waals surface area (Å²) < 4.78 is 12.7. The summed E-state index contributed by atoms with van der Waals surface area (Å²) in [4.78, 5) is 0. The van der Waals surface area contributed by atoms with E-state index in [4.69, 9.17) is 9.47 Å². The minimum absolute atomic E-state index is 0.0207. The van der Waals surface area contributed by atoms with Crippen molar-refractivity contribution >= 4 is 0 Å². The molecular formula is C15H19N3O3. The molecule has 0 spiro atoms. The summed E-state index contributed by atoms with van der Waals surface area (Å²) in [5, 5.41) is 18.4. The molecule has 0 amide bonds. The van der Waals surface area contributed by atoms with Crippen LogP contribution in [0, 0.1) is 0 Å². The number of hydrogen-bond acceptors (Lipinski definition) is 5. The highest BCUT2D eigenvalue weighted by Crippen LogP contribution is 2.16. The fraction of sp³-hybridized carbons (Fsp3) is 0.467. The van der Waals surface area contributed by atoms with Crippen molar-refractivity contribution in [3.63, 3.8) is 0 Å². The van der Waals surface area contributed by atoms with Crippen molar-refractivity contribution in [3.8, 4) is 0 Å². The average molecular weight is 289 g/mol. The van der Waals surface area contributed by atoms with Crippen molar-refractivity contribution in [2.45, 2.75) is 25.2 Å². The van der Waals surface area contributed by atoms with E-state index in [1.807, 2.05) is 36.5 Å². The second kappa shape index (κ2) is 6.80. The molecule has 1 aromatic carbocycles. The van der Waals surface area contributed by atoms with E-state index in [1.54, 1.807) is 4.68 Å². The van der Waals surface area contributed by atoms with E-state index in [0.29, 0.717) is 32.8 Å². The second-order valence-electron chi connectivity index (χ2n) is 5.13. The highest BCUT2D eigenvalue weighted by Gasteiger charge is 2.16. The van der Waals surface area contributed by atoms with E-state index in [-0.39, 0.29) is 6.10 Å². The molecule has 2 atom stereocenters. The molecule has 1 aliphatic rings. The predicted octanol–water partition coefficient (Wildman–Crippen LogP) is 0.970. The van der Waals surface area contributed by atoms with E-state index >= 15 is 0 Å². The Morgan fingerprint density at radius 2 is 2.14 bits per heavy atom. The average Bonchev–Trinajstić information content (AvgIpc) is 2.96. The third-order valence-corrected chi connectivity index (χ3v) is 3.45. The van der Waals surface area contributed by atoms with Crippen LogP contribution in [0.1, 0.15) is 17.4 Å². The fourth-order valence-electron chi connectivity index (χ4n) is 2.36. The van der Waals surface area contributed by atoms with Gasteiger partial charge in [-0.25, -0.2) is 4.68 Å². The molecule has 0 bridgehead atoms. The molecule has 0 saturated carbocycles. The van der Waals surface area contributed by atoms with Gasteiger partial charge in [-0.1, -0.05) is 35.5 Å². The molecule has 112 valence electrons. The number of nitrogens with zero attached hydrogens (tertiary/aromatic N) is 3. The maximum Gasteiger partial charge on any atom is 0.101 e. The largest absolute Gasteiger partial charge is 0.388 e. The molecular weight excluding hydrogens is 270 g/mol. The molecule has 1 saturated heterocycles. The van der Waals surface area contributed by atoms with Crippen molar-refractivity contribution in [2.75, 3.05) is 19.8 Å². The Morgan fingerprint density at radius 1 is 1.29 bits per heavy atom. The molecule has 0 radical (unpaired) electrons. The van der Waals surface area contributed by atoms with Crippen LogP contribution in [-0.4, -0.2) is 46.0 Å². The highest BCUT2D eigenvalue weighted by atomic mass is 16.6. The molecule has 6 heteroatoms. The molecule has 1 fully saturated rings. The smallest absolute Gasteiger partial charge is 0.101 e. The first kappa shape index (κ1) is 14.2. The minimum atomic E-state index is -0.564. The van der Waals surface area contributed by atoms with Gasteiger partial charge < -0.3 is 14.6 Å². The zero-order valence-corrected chi connectivity index (χ0v) is 11.8.